The van der Waals surface area contributed by atoms with Crippen LogP contribution in [0.15, 0.2) is 30.7 Å². The van der Waals surface area contributed by atoms with Gasteiger partial charge in [0.25, 0.3) is 0 Å². The van der Waals surface area contributed by atoms with E-state index in [4.69, 9.17) is 4.98 Å². The van der Waals surface area contributed by atoms with Crippen LogP contribution in [0.1, 0.15) is 95.2 Å². The van der Waals surface area contributed by atoms with Crippen molar-refractivity contribution in [3.63, 3.8) is 0 Å². The Kier molecular flexibility index (Phi) is 7.79. The Hall–Kier alpha value is -1.77. The first-order valence-corrected chi connectivity index (χ1v) is 11.1. The average Bonchev–Trinajstić information content (AvgIpc) is 2.73. The zero-order chi connectivity index (χ0) is 18.9. The fraction of sp³-hybridized carbons (Fsp3) is 0.625. The highest BCUT2D eigenvalue weighted by atomic mass is 14.9. The lowest BCUT2D eigenvalue weighted by atomic mass is 9.78. The van der Waals surface area contributed by atoms with Crippen LogP contribution in [0, 0.1) is 5.92 Å². The molecule has 0 aliphatic heterocycles. The number of hydrogen-bond acceptors (Lipinski definition) is 3. The van der Waals surface area contributed by atoms with Gasteiger partial charge in [0.15, 0.2) is 5.82 Å². The molecule has 3 nitrogen and oxygen atoms in total. The third-order valence-electron chi connectivity index (χ3n) is 6.03. The third-order valence-corrected chi connectivity index (χ3v) is 6.03. The second kappa shape index (κ2) is 10.5. The smallest absolute Gasteiger partial charge is 0.160 e. The fourth-order valence-corrected chi connectivity index (χ4v) is 4.32. The van der Waals surface area contributed by atoms with E-state index in [2.05, 4.69) is 35.9 Å². The van der Waals surface area contributed by atoms with Gasteiger partial charge in [0.2, 0.25) is 0 Å². The largest absolute Gasteiger partial charge is 0.260 e. The zero-order valence-electron chi connectivity index (χ0n) is 17.2. The zero-order valence-corrected chi connectivity index (χ0v) is 17.2. The highest BCUT2D eigenvalue weighted by Crippen LogP contribution is 2.36. The number of aryl methyl sites for hydroxylation is 1. The second-order valence-electron chi connectivity index (χ2n) is 8.20. The van der Waals surface area contributed by atoms with Gasteiger partial charge in [-0.25, -0.2) is 9.97 Å². The van der Waals surface area contributed by atoms with Crippen LogP contribution < -0.4 is 0 Å². The molecule has 2 aromatic heterocycles. The monoisotopic (exact) mass is 365 g/mol. The van der Waals surface area contributed by atoms with Gasteiger partial charge in [0.1, 0.15) is 0 Å². The number of hydrogen-bond donors (Lipinski definition) is 0. The summed E-state index contributed by atoms with van der Waals surface area (Å²) in [4.78, 5) is 13.9. The normalized spacial score (nSPS) is 19.9. The summed E-state index contributed by atoms with van der Waals surface area (Å²) in [6, 6.07) is 4.35. The fourth-order valence-electron chi connectivity index (χ4n) is 4.32. The standard InChI is InChI=1S/C24H35N3/c1-3-5-6-7-9-20-16-26-24(27-17-20)22-14-15-23(25-18-22)21-12-10-19(8-4-2)11-13-21/h14-19,21H,3-13H2,1-2H3. The predicted molar refractivity (Wildman–Crippen MR) is 113 cm³/mol. The van der Waals surface area contributed by atoms with Gasteiger partial charge in [-0.05, 0) is 62.1 Å². The van der Waals surface area contributed by atoms with Gasteiger partial charge in [0.05, 0.1) is 0 Å². The Balaban J connectivity index is 1.54. The molecule has 1 fully saturated rings. The number of rotatable bonds is 9. The highest BCUT2D eigenvalue weighted by Gasteiger charge is 2.22. The van der Waals surface area contributed by atoms with Crippen molar-refractivity contribution in [1.82, 2.24) is 15.0 Å². The molecule has 0 radical (unpaired) electrons. The topological polar surface area (TPSA) is 38.7 Å². The molecule has 3 heteroatoms. The second-order valence-corrected chi connectivity index (χ2v) is 8.20. The lowest BCUT2D eigenvalue weighted by Crippen LogP contribution is -2.14. The molecule has 0 N–H and O–H groups in total. The van der Waals surface area contributed by atoms with E-state index in [0.29, 0.717) is 5.92 Å². The third kappa shape index (κ3) is 5.85. The molecule has 27 heavy (non-hydrogen) atoms. The van der Waals surface area contributed by atoms with Crippen LogP contribution in [0.5, 0.6) is 0 Å². The Bertz CT molecular complexity index is 655. The van der Waals surface area contributed by atoms with E-state index in [1.165, 1.54) is 75.5 Å². The summed E-state index contributed by atoms with van der Waals surface area (Å²) >= 11 is 0. The van der Waals surface area contributed by atoms with Gasteiger partial charge < -0.3 is 0 Å². The Morgan fingerprint density at radius 2 is 1.59 bits per heavy atom. The minimum atomic E-state index is 0.638. The molecule has 1 saturated carbocycles. The highest BCUT2D eigenvalue weighted by molar-refractivity contribution is 5.53. The summed E-state index contributed by atoms with van der Waals surface area (Å²) in [5.41, 5.74) is 3.51. The Morgan fingerprint density at radius 1 is 0.815 bits per heavy atom. The van der Waals surface area contributed by atoms with Crippen molar-refractivity contribution in [2.45, 2.75) is 90.4 Å². The maximum atomic E-state index is 4.76. The number of aromatic nitrogens is 3. The minimum absolute atomic E-state index is 0.638. The first-order chi connectivity index (χ1) is 13.3. The summed E-state index contributed by atoms with van der Waals surface area (Å²) in [7, 11) is 0. The summed E-state index contributed by atoms with van der Waals surface area (Å²) in [6.07, 6.45) is 20.2. The lowest BCUT2D eigenvalue weighted by molar-refractivity contribution is 0.305. The molecular weight excluding hydrogens is 330 g/mol. The maximum absolute atomic E-state index is 4.76. The minimum Gasteiger partial charge on any atom is -0.260 e. The van der Waals surface area contributed by atoms with Crippen LogP contribution in [-0.2, 0) is 6.42 Å². The molecule has 0 amide bonds. The van der Waals surface area contributed by atoms with E-state index in [0.717, 1.165) is 23.7 Å². The molecule has 1 aliphatic rings. The van der Waals surface area contributed by atoms with Crippen molar-refractivity contribution in [3.05, 3.63) is 42.0 Å². The van der Waals surface area contributed by atoms with Crippen LogP contribution in [0.2, 0.25) is 0 Å². The molecule has 0 aromatic carbocycles. The van der Waals surface area contributed by atoms with Crippen molar-refractivity contribution in [3.8, 4) is 11.4 Å². The quantitative estimate of drug-likeness (QED) is 0.462. The molecule has 146 valence electrons. The summed E-state index contributed by atoms with van der Waals surface area (Å²) in [5.74, 6) is 2.37. The molecule has 2 aromatic rings. The van der Waals surface area contributed by atoms with Crippen molar-refractivity contribution in [2.24, 2.45) is 5.92 Å². The van der Waals surface area contributed by atoms with E-state index in [1.807, 2.05) is 18.6 Å². The van der Waals surface area contributed by atoms with E-state index in [1.54, 1.807) is 0 Å². The lowest BCUT2D eigenvalue weighted by Gasteiger charge is -2.28. The maximum Gasteiger partial charge on any atom is 0.160 e. The average molecular weight is 366 g/mol. The summed E-state index contributed by atoms with van der Waals surface area (Å²) in [6.45, 7) is 4.54. The summed E-state index contributed by atoms with van der Waals surface area (Å²) in [5, 5.41) is 0. The molecule has 0 saturated heterocycles. The Labute approximate surface area is 165 Å². The first-order valence-electron chi connectivity index (χ1n) is 11.1. The van der Waals surface area contributed by atoms with Gasteiger partial charge >= 0.3 is 0 Å². The van der Waals surface area contributed by atoms with Gasteiger partial charge in [-0.2, -0.15) is 0 Å². The van der Waals surface area contributed by atoms with Gasteiger partial charge in [-0.1, -0.05) is 46.0 Å². The first kappa shape index (κ1) is 20.0. The molecule has 0 spiro atoms. The van der Waals surface area contributed by atoms with Crippen molar-refractivity contribution in [1.29, 1.82) is 0 Å². The number of nitrogens with zero attached hydrogens (tertiary/aromatic N) is 3. The van der Waals surface area contributed by atoms with Gasteiger partial charge in [-0.3, -0.25) is 4.98 Å². The SMILES string of the molecule is CCCCCCc1cnc(-c2ccc(C3CCC(CCC)CC3)nc2)nc1. The molecule has 1 aliphatic carbocycles. The van der Waals surface area contributed by atoms with Gasteiger partial charge in [-0.15, -0.1) is 0 Å². The van der Waals surface area contributed by atoms with Crippen LogP contribution in [0.25, 0.3) is 11.4 Å². The Morgan fingerprint density at radius 3 is 2.22 bits per heavy atom. The molecule has 3 rings (SSSR count). The van der Waals surface area contributed by atoms with Crippen LogP contribution in [0.3, 0.4) is 0 Å². The molecule has 2 heterocycles. The van der Waals surface area contributed by atoms with E-state index < -0.39 is 0 Å². The van der Waals surface area contributed by atoms with Gasteiger partial charge in [0, 0.05) is 35.8 Å². The van der Waals surface area contributed by atoms with Crippen LogP contribution in [-0.4, -0.2) is 15.0 Å². The van der Waals surface area contributed by atoms with Crippen molar-refractivity contribution >= 4 is 0 Å². The van der Waals surface area contributed by atoms with E-state index >= 15 is 0 Å². The van der Waals surface area contributed by atoms with Crippen LogP contribution in [0.4, 0.5) is 0 Å². The predicted octanol–water partition coefficient (Wildman–Crippen LogP) is 6.74. The molecule has 0 bridgehead atoms. The number of pyridine rings is 1. The van der Waals surface area contributed by atoms with Crippen molar-refractivity contribution in [2.75, 3.05) is 0 Å². The van der Waals surface area contributed by atoms with E-state index in [-0.39, 0.29) is 0 Å². The number of unbranched alkanes of at least 4 members (excludes halogenated alkanes) is 3. The molecular formula is C24H35N3. The summed E-state index contributed by atoms with van der Waals surface area (Å²) < 4.78 is 0. The van der Waals surface area contributed by atoms with Crippen molar-refractivity contribution < 1.29 is 0 Å². The molecule has 0 atom stereocenters. The molecule has 0 unspecified atom stereocenters. The van der Waals surface area contributed by atoms with Crippen LogP contribution >= 0.6 is 0 Å². The van der Waals surface area contributed by atoms with E-state index in [9.17, 15) is 0 Å².